The highest BCUT2D eigenvalue weighted by Crippen LogP contribution is 2.39. The number of likely N-dealkylation sites (tertiary alicyclic amines) is 2. The smallest absolute Gasteiger partial charge is 0.316 e. The van der Waals surface area contributed by atoms with Gasteiger partial charge in [-0.2, -0.15) is 4.68 Å². The van der Waals surface area contributed by atoms with Crippen molar-refractivity contribution in [2.24, 2.45) is 0 Å². The van der Waals surface area contributed by atoms with Crippen LogP contribution in [0.5, 0.6) is 0 Å². The molecule has 0 bridgehead atoms. The third-order valence-electron chi connectivity index (χ3n) is 4.95. The van der Waals surface area contributed by atoms with E-state index < -0.39 is 0 Å². The minimum atomic E-state index is -0.00361. The van der Waals surface area contributed by atoms with Crippen LogP contribution in [0.4, 0.5) is 4.79 Å². The quantitative estimate of drug-likeness (QED) is 0.834. The normalized spacial score (nSPS) is 25.9. The minimum absolute atomic E-state index is 0.00361. The molecule has 2 saturated heterocycles. The molecule has 0 saturated carbocycles. The molecule has 6 heteroatoms. The first-order chi connectivity index (χ1) is 9.97. The fourth-order valence-electron chi connectivity index (χ4n) is 3.42. The summed E-state index contributed by atoms with van der Waals surface area (Å²) in [6.07, 6.45) is 2.19. The molecule has 1 spiro atoms. The van der Waals surface area contributed by atoms with Gasteiger partial charge in [-0.3, -0.25) is 0 Å². The lowest BCUT2D eigenvalue weighted by molar-refractivity contribution is 0.0301. The fourth-order valence-corrected chi connectivity index (χ4v) is 3.42. The van der Waals surface area contributed by atoms with E-state index in [1.807, 2.05) is 25.7 Å². The summed E-state index contributed by atoms with van der Waals surface area (Å²) in [5, 5.41) is 4.41. The molecular formula is C15H25N5O. The molecule has 1 amide bonds. The van der Waals surface area contributed by atoms with Crippen molar-refractivity contribution in [3.63, 3.8) is 0 Å². The summed E-state index contributed by atoms with van der Waals surface area (Å²) in [4.78, 5) is 21.7. The molecule has 6 nitrogen and oxygen atoms in total. The SMILES string of the molecule is CCN1CCC2(CCN2C(=O)n2nc(C(C)C)nc2C)C1. The van der Waals surface area contributed by atoms with E-state index in [-0.39, 0.29) is 17.5 Å². The predicted octanol–water partition coefficient (Wildman–Crippen LogP) is 1.85. The molecule has 0 aromatic carbocycles. The summed E-state index contributed by atoms with van der Waals surface area (Å²) in [6.45, 7) is 12.1. The number of aromatic nitrogens is 3. The molecule has 3 rings (SSSR count). The Balaban J connectivity index is 1.80. The third-order valence-corrected chi connectivity index (χ3v) is 4.95. The summed E-state index contributed by atoms with van der Waals surface area (Å²) in [6, 6.07) is -0.00361. The molecule has 0 radical (unpaired) electrons. The molecule has 1 aromatic rings. The van der Waals surface area contributed by atoms with Gasteiger partial charge in [0.2, 0.25) is 0 Å². The summed E-state index contributed by atoms with van der Waals surface area (Å²) < 4.78 is 1.49. The average molecular weight is 291 g/mol. The number of hydrogen-bond acceptors (Lipinski definition) is 4. The first-order valence-corrected chi connectivity index (χ1v) is 7.95. The Morgan fingerprint density at radius 3 is 2.52 bits per heavy atom. The predicted molar refractivity (Wildman–Crippen MR) is 80.4 cm³/mol. The molecule has 21 heavy (non-hydrogen) atoms. The van der Waals surface area contributed by atoms with Crippen LogP contribution in [0.2, 0.25) is 0 Å². The van der Waals surface area contributed by atoms with Gasteiger partial charge in [-0.25, -0.2) is 9.78 Å². The number of amides is 1. The zero-order chi connectivity index (χ0) is 15.2. The molecular weight excluding hydrogens is 266 g/mol. The van der Waals surface area contributed by atoms with E-state index in [1.54, 1.807) is 0 Å². The van der Waals surface area contributed by atoms with Crippen molar-refractivity contribution in [2.45, 2.75) is 52.0 Å². The van der Waals surface area contributed by atoms with E-state index in [0.29, 0.717) is 5.82 Å². The Morgan fingerprint density at radius 2 is 2.05 bits per heavy atom. The molecule has 3 heterocycles. The van der Waals surface area contributed by atoms with Gasteiger partial charge < -0.3 is 9.80 Å². The minimum Gasteiger partial charge on any atom is -0.316 e. The highest BCUT2D eigenvalue weighted by atomic mass is 16.2. The van der Waals surface area contributed by atoms with Crippen LogP contribution < -0.4 is 0 Å². The number of rotatable bonds is 2. The van der Waals surface area contributed by atoms with Crippen LogP contribution in [0.25, 0.3) is 0 Å². The Morgan fingerprint density at radius 1 is 1.33 bits per heavy atom. The number of carbonyl (C=O) groups excluding carboxylic acids is 1. The van der Waals surface area contributed by atoms with Crippen LogP contribution in [0.15, 0.2) is 0 Å². The van der Waals surface area contributed by atoms with Gasteiger partial charge in [0.1, 0.15) is 5.82 Å². The Labute approximate surface area is 126 Å². The maximum atomic E-state index is 12.8. The lowest BCUT2D eigenvalue weighted by atomic mass is 9.84. The third kappa shape index (κ3) is 2.25. The second kappa shape index (κ2) is 5.09. The van der Waals surface area contributed by atoms with Crippen molar-refractivity contribution >= 4 is 6.03 Å². The largest absolute Gasteiger partial charge is 0.346 e. The second-order valence-corrected chi connectivity index (χ2v) is 6.61. The number of nitrogens with zero attached hydrogens (tertiary/aromatic N) is 5. The molecule has 1 unspecified atom stereocenters. The second-order valence-electron chi connectivity index (χ2n) is 6.61. The van der Waals surface area contributed by atoms with Gasteiger partial charge in [0.25, 0.3) is 0 Å². The molecule has 0 aliphatic carbocycles. The van der Waals surface area contributed by atoms with Crippen molar-refractivity contribution in [2.75, 3.05) is 26.2 Å². The summed E-state index contributed by atoms with van der Waals surface area (Å²) in [7, 11) is 0. The molecule has 0 N–H and O–H groups in total. The molecule has 1 atom stereocenters. The average Bonchev–Trinajstić information content (AvgIpc) is 3.02. The Bertz CT molecular complexity index is 552. The van der Waals surface area contributed by atoms with Crippen LogP contribution in [0, 0.1) is 6.92 Å². The summed E-state index contributed by atoms with van der Waals surface area (Å²) in [5.41, 5.74) is 0.0451. The monoisotopic (exact) mass is 291 g/mol. The van der Waals surface area contributed by atoms with E-state index in [9.17, 15) is 4.79 Å². The fraction of sp³-hybridized carbons (Fsp3) is 0.800. The van der Waals surface area contributed by atoms with E-state index >= 15 is 0 Å². The zero-order valence-corrected chi connectivity index (χ0v) is 13.5. The number of hydrogen-bond donors (Lipinski definition) is 0. The van der Waals surface area contributed by atoms with Crippen molar-refractivity contribution in [3.05, 3.63) is 11.6 Å². The molecule has 1 aromatic heterocycles. The number of carbonyl (C=O) groups is 1. The zero-order valence-electron chi connectivity index (χ0n) is 13.5. The summed E-state index contributed by atoms with van der Waals surface area (Å²) >= 11 is 0. The van der Waals surface area contributed by atoms with Crippen LogP contribution >= 0.6 is 0 Å². The van der Waals surface area contributed by atoms with Crippen molar-refractivity contribution in [1.82, 2.24) is 24.6 Å². The molecule has 2 fully saturated rings. The maximum absolute atomic E-state index is 12.8. The Hall–Kier alpha value is -1.43. The van der Waals surface area contributed by atoms with Crippen LogP contribution in [-0.4, -0.2) is 62.3 Å². The van der Waals surface area contributed by atoms with Crippen molar-refractivity contribution in [1.29, 1.82) is 0 Å². The van der Waals surface area contributed by atoms with Crippen LogP contribution in [-0.2, 0) is 0 Å². The number of aryl methyl sites for hydroxylation is 1. The van der Waals surface area contributed by atoms with Crippen LogP contribution in [0.1, 0.15) is 51.2 Å². The van der Waals surface area contributed by atoms with Gasteiger partial charge in [0.15, 0.2) is 5.82 Å². The highest BCUT2D eigenvalue weighted by Gasteiger charge is 2.51. The van der Waals surface area contributed by atoms with Crippen molar-refractivity contribution < 1.29 is 4.79 Å². The van der Waals surface area contributed by atoms with E-state index in [0.717, 1.165) is 44.8 Å². The standard InChI is InChI=1S/C15H25N5O/c1-5-18-8-6-15(10-18)7-9-19(15)14(21)20-12(4)16-13(17-20)11(2)3/h11H,5-10H2,1-4H3. The highest BCUT2D eigenvalue weighted by molar-refractivity contribution is 5.78. The van der Waals surface area contributed by atoms with Gasteiger partial charge in [-0.1, -0.05) is 20.8 Å². The molecule has 2 aliphatic rings. The van der Waals surface area contributed by atoms with Gasteiger partial charge in [-0.15, -0.1) is 5.10 Å². The molecule has 116 valence electrons. The van der Waals surface area contributed by atoms with E-state index in [4.69, 9.17) is 0 Å². The van der Waals surface area contributed by atoms with E-state index in [2.05, 4.69) is 21.9 Å². The first-order valence-electron chi connectivity index (χ1n) is 7.95. The lowest BCUT2D eigenvalue weighted by Crippen LogP contribution is -2.64. The summed E-state index contributed by atoms with van der Waals surface area (Å²) in [5.74, 6) is 1.68. The Kier molecular flexibility index (Phi) is 3.51. The maximum Gasteiger partial charge on any atom is 0.346 e. The molecule has 2 aliphatic heterocycles. The van der Waals surface area contributed by atoms with Crippen LogP contribution in [0.3, 0.4) is 0 Å². The van der Waals surface area contributed by atoms with Gasteiger partial charge in [-0.05, 0) is 26.3 Å². The van der Waals surface area contributed by atoms with Gasteiger partial charge >= 0.3 is 6.03 Å². The first kappa shape index (κ1) is 14.5. The van der Waals surface area contributed by atoms with E-state index in [1.165, 1.54) is 4.68 Å². The van der Waals surface area contributed by atoms with Gasteiger partial charge in [0, 0.05) is 25.6 Å². The van der Waals surface area contributed by atoms with Gasteiger partial charge in [0.05, 0.1) is 5.54 Å². The number of likely N-dealkylation sites (N-methyl/N-ethyl adjacent to an activating group) is 1. The van der Waals surface area contributed by atoms with Crippen molar-refractivity contribution in [3.8, 4) is 0 Å². The topological polar surface area (TPSA) is 54.3 Å². The lowest BCUT2D eigenvalue weighted by Gasteiger charge is -2.50.